The van der Waals surface area contributed by atoms with Crippen LogP contribution in [0.1, 0.15) is 29.0 Å². The van der Waals surface area contributed by atoms with Gasteiger partial charge in [-0.1, -0.05) is 6.07 Å². The summed E-state index contributed by atoms with van der Waals surface area (Å²) in [6, 6.07) is 3.07. The van der Waals surface area contributed by atoms with Crippen LogP contribution in [0.3, 0.4) is 0 Å². The van der Waals surface area contributed by atoms with E-state index in [4.69, 9.17) is 14.9 Å². The number of methoxy groups -OCH3 is 2. The van der Waals surface area contributed by atoms with E-state index in [1.54, 1.807) is 6.20 Å². The van der Waals surface area contributed by atoms with Gasteiger partial charge in [-0.25, -0.2) is 4.98 Å². The van der Waals surface area contributed by atoms with Crippen LogP contribution in [-0.4, -0.2) is 42.8 Å². The molecule has 1 amide bonds. The van der Waals surface area contributed by atoms with Crippen molar-refractivity contribution in [2.75, 3.05) is 14.2 Å². The number of nitrogens with zero attached hydrogens (tertiary/aromatic N) is 1. The zero-order chi connectivity index (χ0) is 23.5. The van der Waals surface area contributed by atoms with Crippen LogP contribution in [0, 0.1) is 11.3 Å². The molecule has 0 aromatic carbocycles. The maximum absolute atomic E-state index is 12.9. The lowest BCUT2D eigenvalue weighted by Gasteiger charge is -2.33. The third-order valence-electron chi connectivity index (χ3n) is 5.04. The molecule has 0 radical (unpaired) electrons. The van der Waals surface area contributed by atoms with E-state index in [9.17, 15) is 22.8 Å². The smallest absolute Gasteiger partial charge is 0.433 e. The van der Waals surface area contributed by atoms with E-state index < -0.39 is 23.5 Å². The molecule has 11 heteroatoms. The number of carbonyl (C=O) groups is 2. The molecule has 0 atom stereocenters. The number of nitrogens with one attached hydrogen (secondary N) is 3. The molecule has 2 aliphatic carbocycles. The highest BCUT2D eigenvalue weighted by Crippen LogP contribution is 2.29. The predicted octanol–water partition coefficient (Wildman–Crippen LogP) is 2.70. The molecule has 3 N–H and O–H groups in total. The Morgan fingerprint density at radius 2 is 1.94 bits per heavy atom. The summed E-state index contributed by atoms with van der Waals surface area (Å²) < 4.78 is 48.5. The number of alkyl halides is 3. The van der Waals surface area contributed by atoms with E-state index in [-0.39, 0.29) is 35.1 Å². The number of allylic oxidation sites excluding steroid dienone is 3. The number of carbonyl (C=O) groups excluding carboxylic acids is 2. The molecule has 170 valence electrons. The van der Waals surface area contributed by atoms with Crippen LogP contribution in [0.5, 0.6) is 0 Å². The molecule has 0 saturated heterocycles. The first-order valence-corrected chi connectivity index (χ1v) is 9.58. The van der Waals surface area contributed by atoms with Crippen molar-refractivity contribution in [2.24, 2.45) is 5.92 Å². The summed E-state index contributed by atoms with van der Waals surface area (Å²) in [6.07, 6.45) is 0.937. The summed E-state index contributed by atoms with van der Waals surface area (Å²) in [7, 11) is 2.68. The summed E-state index contributed by atoms with van der Waals surface area (Å²) in [5.41, 5.74) is -0.902. The second kappa shape index (κ2) is 9.25. The number of halogens is 3. The first-order chi connectivity index (χ1) is 15.1. The van der Waals surface area contributed by atoms with E-state index in [1.807, 2.05) is 0 Å². The lowest BCUT2D eigenvalue weighted by Crippen LogP contribution is -2.42. The van der Waals surface area contributed by atoms with Gasteiger partial charge < -0.3 is 25.5 Å². The standard InChI is InChI=1S/C21H21F3N4O4/c1-31-17-9-14(25)12(10-26-13-6-11(7-13)20(30)32-2)8-16(17)28-19(29)15-4-3-5-18(27-15)21(22,23)24/h3-5,8-11,13,25-26H,6-7H2,1-2H3,(H,28,29)/b12-10-,25-14?. The average Bonchev–Trinajstić information content (AvgIpc) is 2.73. The van der Waals surface area contributed by atoms with Crippen LogP contribution in [0.2, 0.25) is 0 Å². The molecule has 1 saturated carbocycles. The summed E-state index contributed by atoms with van der Waals surface area (Å²) >= 11 is 0. The molecule has 8 nitrogen and oxygen atoms in total. The number of hydrogen-bond acceptors (Lipinski definition) is 7. The molecule has 1 aromatic heterocycles. The van der Waals surface area contributed by atoms with Gasteiger partial charge in [0.25, 0.3) is 5.91 Å². The first-order valence-electron chi connectivity index (χ1n) is 9.58. The third-order valence-corrected chi connectivity index (χ3v) is 5.04. The Morgan fingerprint density at radius 3 is 2.56 bits per heavy atom. The van der Waals surface area contributed by atoms with Crippen LogP contribution in [0.4, 0.5) is 13.2 Å². The van der Waals surface area contributed by atoms with Crippen molar-refractivity contribution >= 4 is 17.6 Å². The first kappa shape index (κ1) is 23.0. The summed E-state index contributed by atoms with van der Waals surface area (Å²) in [5, 5.41) is 13.7. The second-order valence-electron chi connectivity index (χ2n) is 7.20. The van der Waals surface area contributed by atoms with Crippen LogP contribution in [0.25, 0.3) is 0 Å². The fraction of sp³-hybridized carbons (Fsp3) is 0.333. The number of aromatic nitrogens is 1. The molecule has 2 aliphatic rings. The van der Waals surface area contributed by atoms with Gasteiger partial charge in [-0.15, -0.1) is 0 Å². The normalized spacial score (nSPS) is 21.8. The van der Waals surface area contributed by atoms with Crippen molar-refractivity contribution in [3.05, 3.63) is 65.0 Å². The van der Waals surface area contributed by atoms with Gasteiger partial charge in [-0.05, 0) is 31.1 Å². The predicted molar refractivity (Wildman–Crippen MR) is 107 cm³/mol. The Balaban J connectivity index is 1.73. The monoisotopic (exact) mass is 450 g/mol. The second-order valence-corrected chi connectivity index (χ2v) is 7.20. The zero-order valence-corrected chi connectivity index (χ0v) is 17.2. The lowest BCUT2D eigenvalue weighted by atomic mass is 9.80. The molecule has 1 aromatic rings. The Hall–Kier alpha value is -3.63. The molecule has 0 aliphatic heterocycles. The molecule has 0 spiro atoms. The van der Waals surface area contributed by atoms with Gasteiger partial charge in [0.05, 0.1) is 31.5 Å². The van der Waals surface area contributed by atoms with Gasteiger partial charge in [0.1, 0.15) is 17.1 Å². The summed E-state index contributed by atoms with van der Waals surface area (Å²) in [6.45, 7) is 0. The summed E-state index contributed by atoms with van der Waals surface area (Å²) in [4.78, 5) is 27.3. The van der Waals surface area contributed by atoms with Crippen molar-refractivity contribution in [3.63, 3.8) is 0 Å². The minimum absolute atomic E-state index is 0.0351. The van der Waals surface area contributed by atoms with Crippen LogP contribution in [0.15, 0.2) is 53.6 Å². The Morgan fingerprint density at radius 1 is 1.22 bits per heavy atom. The molecule has 1 heterocycles. The number of rotatable bonds is 6. The summed E-state index contributed by atoms with van der Waals surface area (Å²) in [5.74, 6) is -1.11. The number of amides is 1. The van der Waals surface area contributed by atoms with Gasteiger partial charge in [0, 0.05) is 23.9 Å². The fourth-order valence-corrected chi connectivity index (χ4v) is 3.21. The van der Waals surface area contributed by atoms with Gasteiger partial charge >= 0.3 is 12.1 Å². The maximum atomic E-state index is 12.9. The van der Waals surface area contributed by atoms with Crippen LogP contribution in [-0.2, 0) is 20.4 Å². The topological polar surface area (TPSA) is 113 Å². The highest BCUT2D eigenvalue weighted by atomic mass is 19.4. The van der Waals surface area contributed by atoms with Crippen molar-refractivity contribution < 1.29 is 32.2 Å². The van der Waals surface area contributed by atoms with Crippen molar-refractivity contribution in [2.45, 2.75) is 25.1 Å². The van der Waals surface area contributed by atoms with Crippen molar-refractivity contribution in [1.29, 1.82) is 5.41 Å². The molecular weight excluding hydrogens is 429 g/mol. The van der Waals surface area contributed by atoms with Gasteiger partial charge in [-0.2, -0.15) is 13.2 Å². The Labute approximate surface area is 181 Å². The van der Waals surface area contributed by atoms with E-state index in [2.05, 4.69) is 15.6 Å². The average molecular weight is 450 g/mol. The van der Waals surface area contributed by atoms with Crippen LogP contribution < -0.4 is 10.6 Å². The maximum Gasteiger partial charge on any atom is 0.433 e. The molecule has 0 bridgehead atoms. The van der Waals surface area contributed by atoms with Crippen molar-refractivity contribution in [3.8, 4) is 0 Å². The van der Waals surface area contributed by atoms with Crippen molar-refractivity contribution in [1.82, 2.24) is 15.6 Å². The van der Waals surface area contributed by atoms with E-state index in [1.165, 1.54) is 32.4 Å². The number of pyridine rings is 1. The molecule has 0 unspecified atom stereocenters. The van der Waals surface area contributed by atoms with Gasteiger partial charge in [0.2, 0.25) is 0 Å². The minimum atomic E-state index is -4.68. The lowest BCUT2D eigenvalue weighted by molar-refractivity contribution is -0.149. The van der Waals surface area contributed by atoms with Gasteiger partial charge in [0.15, 0.2) is 0 Å². The minimum Gasteiger partial charge on any atom is -0.494 e. The molecule has 1 fully saturated rings. The zero-order valence-electron chi connectivity index (χ0n) is 17.2. The molecule has 32 heavy (non-hydrogen) atoms. The highest BCUT2D eigenvalue weighted by Gasteiger charge is 2.35. The SMILES string of the molecule is COC(=O)C1CC(N/C=C2/C=C(NC(=O)c3cccc(C(F)(F)F)n3)C(OC)=CC2=N)C1. The van der Waals surface area contributed by atoms with Gasteiger partial charge in [-0.3, -0.25) is 9.59 Å². The van der Waals surface area contributed by atoms with E-state index in [0.717, 1.165) is 12.1 Å². The Kier molecular flexibility index (Phi) is 6.66. The largest absolute Gasteiger partial charge is 0.494 e. The van der Waals surface area contributed by atoms with E-state index in [0.29, 0.717) is 18.4 Å². The fourth-order valence-electron chi connectivity index (χ4n) is 3.21. The number of esters is 1. The number of ether oxygens (including phenoxy) is 2. The third kappa shape index (κ3) is 5.16. The highest BCUT2D eigenvalue weighted by molar-refractivity contribution is 6.10. The molecule has 3 rings (SSSR count). The quantitative estimate of drug-likeness (QED) is 0.575. The Bertz CT molecular complexity index is 1020. The van der Waals surface area contributed by atoms with Crippen LogP contribution >= 0.6 is 0 Å². The number of hydrogen-bond donors (Lipinski definition) is 3. The van der Waals surface area contributed by atoms with E-state index >= 15 is 0 Å². The molecular formula is C21H21F3N4O4.